The molecule has 21 heavy (non-hydrogen) atoms. The van der Waals surface area contributed by atoms with Gasteiger partial charge in [0.15, 0.2) is 0 Å². The highest BCUT2D eigenvalue weighted by Gasteiger charge is 2.50. The first-order valence-electron chi connectivity index (χ1n) is 8.25. The molecule has 0 heterocycles. The molecule has 3 heteroatoms. The second-order valence-electron chi connectivity index (χ2n) is 7.42. The molecule has 0 spiro atoms. The van der Waals surface area contributed by atoms with Gasteiger partial charge >= 0.3 is 0 Å². The van der Waals surface area contributed by atoms with E-state index in [9.17, 15) is 4.79 Å². The van der Waals surface area contributed by atoms with Gasteiger partial charge in [0.2, 0.25) is 0 Å². The van der Waals surface area contributed by atoms with Crippen molar-refractivity contribution in [2.24, 2.45) is 23.7 Å². The van der Waals surface area contributed by atoms with Crippen molar-refractivity contribution in [3.8, 4) is 0 Å². The van der Waals surface area contributed by atoms with Gasteiger partial charge < -0.3 is 10.6 Å². The zero-order chi connectivity index (χ0) is 14.6. The van der Waals surface area contributed by atoms with Crippen LogP contribution in [-0.2, 0) is 0 Å². The van der Waals surface area contributed by atoms with Crippen LogP contribution in [0.1, 0.15) is 42.5 Å². The van der Waals surface area contributed by atoms with Gasteiger partial charge in [0.25, 0.3) is 5.91 Å². The van der Waals surface area contributed by atoms with Gasteiger partial charge in [-0.15, -0.1) is 0 Å². The van der Waals surface area contributed by atoms with Crippen LogP contribution in [0, 0.1) is 23.7 Å². The van der Waals surface area contributed by atoms with Crippen molar-refractivity contribution in [1.29, 1.82) is 0 Å². The van der Waals surface area contributed by atoms with Crippen LogP contribution in [0.5, 0.6) is 0 Å². The van der Waals surface area contributed by atoms with Gasteiger partial charge in [0.1, 0.15) is 0 Å². The van der Waals surface area contributed by atoms with Crippen molar-refractivity contribution in [3.63, 3.8) is 0 Å². The van der Waals surface area contributed by atoms with E-state index in [4.69, 9.17) is 5.73 Å². The van der Waals surface area contributed by atoms with E-state index in [1.807, 2.05) is 36.2 Å². The number of benzene rings is 1. The maximum absolute atomic E-state index is 12.8. The molecule has 112 valence electrons. The smallest absolute Gasteiger partial charge is 0.255 e. The first-order chi connectivity index (χ1) is 10.1. The van der Waals surface area contributed by atoms with Crippen LogP contribution in [0.2, 0.25) is 0 Å². The molecule has 4 bridgehead atoms. The maximum atomic E-state index is 12.8. The number of amides is 1. The molecule has 0 radical (unpaired) electrons. The average molecular weight is 284 g/mol. The van der Waals surface area contributed by atoms with Gasteiger partial charge in [-0.1, -0.05) is 12.1 Å². The zero-order valence-electron chi connectivity index (χ0n) is 12.7. The standard InChI is InChI=1S/C18H24N2O/c1-20(18(21)15-4-2-3-5-16(15)19)17-13-7-11-6-12(9-13)10-14(17)8-11/h2-5,11-14,17H,6-10,19H2,1H3. The van der Waals surface area contributed by atoms with Crippen LogP contribution in [0.25, 0.3) is 0 Å². The molecule has 0 aromatic heterocycles. The lowest BCUT2D eigenvalue weighted by Crippen LogP contribution is -2.56. The minimum atomic E-state index is 0.102. The molecule has 0 aliphatic heterocycles. The van der Waals surface area contributed by atoms with E-state index in [2.05, 4.69) is 0 Å². The van der Waals surface area contributed by atoms with Gasteiger partial charge in [0, 0.05) is 18.8 Å². The third-order valence-electron chi connectivity index (χ3n) is 6.14. The van der Waals surface area contributed by atoms with Crippen molar-refractivity contribution in [1.82, 2.24) is 4.90 Å². The Balaban J connectivity index is 1.59. The molecule has 0 saturated heterocycles. The number of nitrogens with zero attached hydrogens (tertiary/aromatic N) is 1. The first-order valence-corrected chi connectivity index (χ1v) is 8.25. The number of nitrogens with two attached hydrogens (primary N) is 1. The summed E-state index contributed by atoms with van der Waals surface area (Å²) >= 11 is 0. The third kappa shape index (κ3) is 2.05. The molecule has 1 aromatic carbocycles. The first kappa shape index (κ1) is 13.2. The van der Waals surface area contributed by atoms with E-state index in [0.717, 1.165) is 23.7 Å². The summed E-state index contributed by atoms with van der Waals surface area (Å²) < 4.78 is 0. The summed E-state index contributed by atoms with van der Waals surface area (Å²) in [5, 5.41) is 0. The molecule has 3 nitrogen and oxygen atoms in total. The Morgan fingerprint density at radius 2 is 1.62 bits per heavy atom. The Kier molecular flexibility index (Phi) is 2.98. The van der Waals surface area contributed by atoms with Gasteiger partial charge in [-0.05, 0) is 67.9 Å². The normalized spacial score (nSPS) is 36.7. The number of nitrogen functional groups attached to an aromatic ring is 1. The largest absolute Gasteiger partial charge is 0.398 e. The molecule has 4 aliphatic rings. The molecule has 4 saturated carbocycles. The van der Waals surface area contributed by atoms with Crippen molar-refractivity contribution < 1.29 is 4.79 Å². The molecular weight excluding hydrogens is 260 g/mol. The lowest BCUT2D eigenvalue weighted by Gasteiger charge is -2.56. The number of anilines is 1. The van der Waals surface area contributed by atoms with E-state index in [-0.39, 0.29) is 5.91 Å². The van der Waals surface area contributed by atoms with Gasteiger partial charge in [-0.2, -0.15) is 0 Å². The Bertz CT molecular complexity index is 540. The predicted molar refractivity (Wildman–Crippen MR) is 83.8 cm³/mol. The van der Waals surface area contributed by atoms with E-state index in [1.54, 1.807) is 0 Å². The quantitative estimate of drug-likeness (QED) is 0.848. The summed E-state index contributed by atoms with van der Waals surface area (Å²) in [5.74, 6) is 3.42. The lowest BCUT2D eigenvalue weighted by molar-refractivity contribution is -0.0490. The maximum Gasteiger partial charge on any atom is 0.255 e. The van der Waals surface area contributed by atoms with E-state index >= 15 is 0 Å². The Labute approximate surface area is 126 Å². The predicted octanol–water partition coefficient (Wildman–Crippen LogP) is 3.17. The Hall–Kier alpha value is -1.51. The summed E-state index contributed by atoms with van der Waals surface area (Å²) in [6, 6.07) is 7.89. The molecule has 5 rings (SSSR count). The lowest BCUT2D eigenvalue weighted by atomic mass is 9.54. The van der Waals surface area contributed by atoms with E-state index in [0.29, 0.717) is 17.3 Å². The number of carbonyl (C=O) groups excluding carboxylic acids is 1. The van der Waals surface area contributed by atoms with Gasteiger partial charge in [-0.25, -0.2) is 0 Å². The molecule has 4 aliphatic carbocycles. The summed E-state index contributed by atoms with van der Waals surface area (Å²) in [4.78, 5) is 14.8. The van der Waals surface area contributed by atoms with E-state index in [1.165, 1.54) is 32.1 Å². The van der Waals surface area contributed by atoms with Crippen molar-refractivity contribution >= 4 is 11.6 Å². The summed E-state index contributed by atoms with van der Waals surface area (Å²) in [7, 11) is 1.99. The molecule has 2 N–H and O–H groups in total. The average Bonchev–Trinajstić information content (AvgIpc) is 2.45. The molecule has 1 aromatic rings. The van der Waals surface area contributed by atoms with Crippen molar-refractivity contribution in [2.75, 3.05) is 12.8 Å². The van der Waals surface area contributed by atoms with E-state index < -0.39 is 0 Å². The molecule has 1 amide bonds. The monoisotopic (exact) mass is 284 g/mol. The summed E-state index contributed by atoms with van der Waals surface area (Å²) in [6.45, 7) is 0. The molecular formula is C18H24N2O. The second kappa shape index (κ2) is 4.75. The fourth-order valence-corrected chi connectivity index (χ4v) is 5.55. The minimum absolute atomic E-state index is 0.102. The number of para-hydroxylation sites is 1. The summed E-state index contributed by atoms with van der Waals surface area (Å²) in [5.41, 5.74) is 7.24. The van der Waals surface area contributed by atoms with Crippen LogP contribution in [0.4, 0.5) is 5.69 Å². The van der Waals surface area contributed by atoms with Crippen molar-refractivity contribution in [3.05, 3.63) is 29.8 Å². The number of hydrogen-bond acceptors (Lipinski definition) is 2. The topological polar surface area (TPSA) is 46.3 Å². The third-order valence-corrected chi connectivity index (χ3v) is 6.14. The van der Waals surface area contributed by atoms with Crippen molar-refractivity contribution in [2.45, 2.75) is 38.1 Å². The summed E-state index contributed by atoms with van der Waals surface area (Å²) in [6.07, 6.45) is 6.78. The molecule has 0 atom stereocenters. The number of hydrogen-bond donors (Lipinski definition) is 1. The van der Waals surface area contributed by atoms with Crippen LogP contribution < -0.4 is 5.73 Å². The zero-order valence-corrected chi connectivity index (χ0v) is 12.7. The van der Waals surface area contributed by atoms with Crippen LogP contribution in [0.3, 0.4) is 0 Å². The number of rotatable bonds is 2. The van der Waals surface area contributed by atoms with Crippen LogP contribution in [-0.4, -0.2) is 23.9 Å². The number of carbonyl (C=O) groups is 1. The van der Waals surface area contributed by atoms with Gasteiger partial charge in [0.05, 0.1) is 5.56 Å². The highest BCUT2D eigenvalue weighted by molar-refractivity contribution is 5.99. The molecule has 0 unspecified atom stereocenters. The van der Waals surface area contributed by atoms with Gasteiger partial charge in [-0.3, -0.25) is 4.79 Å². The van der Waals surface area contributed by atoms with Crippen LogP contribution >= 0.6 is 0 Å². The highest BCUT2D eigenvalue weighted by atomic mass is 16.2. The fourth-order valence-electron chi connectivity index (χ4n) is 5.55. The molecule has 4 fully saturated rings. The SMILES string of the molecule is CN(C(=O)c1ccccc1N)C1C2CC3CC(C2)CC1C3. The fraction of sp³-hybridized carbons (Fsp3) is 0.611. The second-order valence-corrected chi connectivity index (χ2v) is 7.42. The Morgan fingerprint density at radius 3 is 2.19 bits per heavy atom. The minimum Gasteiger partial charge on any atom is -0.398 e. The Morgan fingerprint density at radius 1 is 1.05 bits per heavy atom. The van der Waals surface area contributed by atoms with Crippen LogP contribution in [0.15, 0.2) is 24.3 Å². The highest BCUT2D eigenvalue weighted by Crippen LogP contribution is 2.55.